The Kier molecular flexibility index (Phi) is 4.10. The second kappa shape index (κ2) is 5.78. The Balaban J connectivity index is 2.22. The highest BCUT2D eigenvalue weighted by molar-refractivity contribution is 5.82. The predicted octanol–water partition coefficient (Wildman–Crippen LogP) is 2.90. The zero-order chi connectivity index (χ0) is 13.8. The Morgan fingerprint density at radius 3 is 2.58 bits per heavy atom. The molecule has 102 valence electrons. The van der Waals surface area contributed by atoms with Gasteiger partial charge in [0.15, 0.2) is 5.96 Å². The zero-order valence-corrected chi connectivity index (χ0v) is 11.8. The fourth-order valence-electron chi connectivity index (χ4n) is 2.18. The molecule has 19 heavy (non-hydrogen) atoms. The van der Waals surface area contributed by atoms with Gasteiger partial charge in [-0.25, -0.2) is 4.99 Å². The Morgan fingerprint density at radius 1 is 1.26 bits per heavy atom. The SMILES string of the molecule is CCN(CC)C(N)=NCc1oc2ccccc2c1C. The second-order valence-corrected chi connectivity index (χ2v) is 4.49. The third kappa shape index (κ3) is 2.72. The van der Waals surface area contributed by atoms with E-state index in [9.17, 15) is 0 Å². The molecule has 0 fully saturated rings. The van der Waals surface area contributed by atoms with Gasteiger partial charge >= 0.3 is 0 Å². The number of benzene rings is 1. The summed E-state index contributed by atoms with van der Waals surface area (Å²) in [5, 5.41) is 1.15. The van der Waals surface area contributed by atoms with E-state index in [2.05, 4.69) is 31.8 Å². The van der Waals surface area contributed by atoms with E-state index in [0.717, 1.165) is 35.4 Å². The molecule has 2 rings (SSSR count). The smallest absolute Gasteiger partial charge is 0.191 e. The summed E-state index contributed by atoms with van der Waals surface area (Å²) in [5.41, 5.74) is 8.02. The molecule has 0 saturated carbocycles. The molecule has 0 saturated heterocycles. The quantitative estimate of drug-likeness (QED) is 0.678. The van der Waals surface area contributed by atoms with Crippen LogP contribution in [0.1, 0.15) is 25.2 Å². The molecule has 0 aliphatic rings. The van der Waals surface area contributed by atoms with Crippen molar-refractivity contribution in [3.05, 3.63) is 35.6 Å². The van der Waals surface area contributed by atoms with Gasteiger partial charge in [-0.2, -0.15) is 0 Å². The molecule has 0 aliphatic heterocycles. The van der Waals surface area contributed by atoms with E-state index in [0.29, 0.717) is 12.5 Å². The minimum atomic E-state index is 0.489. The lowest BCUT2D eigenvalue weighted by Gasteiger charge is -2.19. The Morgan fingerprint density at radius 2 is 1.95 bits per heavy atom. The molecule has 1 heterocycles. The average molecular weight is 259 g/mol. The maximum atomic E-state index is 5.97. The van der Waals surface area contributed by atoms with Gasteiger partial charge in [0.1, 0.15) is 17.9 Å². The first kappa shape index (κ1) is 13.5. The van der Waals surface area contributed by atoms with Crippen LogP contribution in [-0.2, 0) is 6.54 Å². The number of nitrogens with zero attached hydrogens (tertiary/aromatic N) is 2. The van der Waals surface area contributed by atoms with Gasteiger partial charge in [0.2, 0.25) is 0 Å². The first-order valence-electron chi connectivity index (χ1n) is 6.69. The maximum Gasteiger partial charge on any atom is 0.191 e. The molecule has 4 nitrogen and oxygen atoms in total. The largest absolute Gasteiger partial charge is 0.459 e. The highest BCUT2D eigenvalue weighted by atomic mass is 16.3. The monoisotopic (exact) mass is 259 g/mol. The summed E-state index contributed by atoms with van der Waals surface area (Å²) in [6.45, 7) is 8.42. The first-order chi connectivity index (χ1) is 9.17. The normalized spacial score (nSPS) is 12.1. The Hall–Kier alpha value is -1.97. The number of aliphatic imine (C=N–C) groups is 1. The molecule has 0 spiro atoms. The Bertz CT molecular complexity index is 582. The minimum absolute atomic E-state index is 0.489. The molecule has 2 N–H and O–H groups in total. The fraction of sp³-hybridized carbons (Fsp3) is 0.400. The molecule has 1 aromatic carbocycles. The molecule has 0 aliphatic carbocycles. The van der Waals surface area contributed by atoms with E-state index in [1.54, 1.807) is 0 Å². The van der Waals surface area contributed by atoms with Crippen molar-refractivity contribution in [2.75, 3.05) is 13.1 Å². The number of hydrogen-bond acceptors (Lipinski definition) is 2. The van der Waals surface area contributed by atoms with E-state index in [4.69, 9.17) is 10.2 Å². The van der Waals surface area contributed by atoms with Crippen LogP contribution in [-0.4, -0.2) is 23.9 Å². The topological polar surface area (TPSA) is 54.8 Å². The van der Waals surface area contributed by atoms with Crippen LogP contribution in [0.2, 0.25) is 0 Å². The molecule has 4 heteroatoms. The molecule has 1 aromatic heterocycles. The van der Waals surface area contributed by atoms with Gasteiger partial charge in [-0.3, -0.25) is 0 Å². The van der Waals surface area contributed by atoms with E-state index in [1.165, 1.54) is 0 Å². The molecule has 0 atom stereocenters. The molecule has 2 aromatic rings. The van der Waals surface area contributed by atoms with Crippen molar-refractivity contribution in [3.8, 4) is 0 Å². The summed E-state index contributed by atoms with van der Waals surface area (Å²) < 4.78 is 5.82. The van der Waals surface area contributed by atoms with Gasteiger partial charge in [0.05, 0.1) is 0 Å². The van der Waals surface area contributed by atoms with Gasteiger partial charge < -0.3 is 15.1 Å². The van der Waals surface area contributed by atoms with Crippen molar-refractivity contribution in [2.45, 2.75) is 27.3 Å². The standard InChI is InChI=1S/C15H21N3O/c1-4-18(5-2)15(16)17-10-14-11(3)12-8-6-7-9-13(12)19-14/h6-9H,4-5,10H2,1-3H3,(H2,16,17). The number of nitrogens with two attached hydrogens (primary N) is 1. The predicted molar refractivity (Wildman–Crippen MR) is 79.2 cm³/mol. The molecule has 0 bridgehead atoms. The minimum Gasteiger partial charge on any atom is -0.459 e. The van der Waals surface area contributed by atoms with Gasteiger partial charge in [0.25, 0.3) is 0 Å². The van der Waals surface area contributed by atoms with E-state index < -0.39 is 0 Å². The van der Waals surface area contributed by atoms with Crippen LogP contribution in [0.3, 0.4) is 0 Å². The Labute approximate surface area is 113 Å². The first-order valence-corrected chi connectivity index (χ1v) is 6.69. The van der Waals surface area contributed by atoms with Crippen LogP contribution < -0.4 is 5.73 Å². The summed E-state index contributed by atoms with van der Waals surface area (Å²) in [6.07, 6.45) is 0. The van der Waals surface area contributed by atoms with Crippen molar-refractivity contribution < 1.29 is 4.42 Å². The number of para-hydroxylation sites is 1. The molecular weight excluding hydrogens is 238 g/mol. The summed E-state index contributed by atoms with van der Waals surface area (Å²) >= 11 is 0. The van der Waals surface area contributed by atoms with E-state index >= 15 is 0 Å². The number of furan rings is 1. The van der Waals surface area contributed by atoms with Gasteiger partial charge in [-0.1, -0.05) is 18.2 Å². The summed E-state index contributed by atoms with van der Waals surface area (Å²) in [4.78, 5) is 6.44. The van der Waals surface area contributed by atoms with Crippen LogP contribution in [0.5, 0.6) is 0 Å². The number of guanidine groups is 1. The fourth-order valence-corrected chi connectivity index (χ4v) is 2.18. The summed E-state index contributed by atoms with van der Waals surface area (Å²) in [5.74, 6) is 1.46. The molecular formula is C15H21N3O. The van der Waals surface area contributed by atoms with Gasteiger partial charge in [-0.05, 0) is 26.8 Å². The molecule has 0 amide bonds. The highest BCUT2D eigenvalue weighted by Crippen LogP contribution is 2.25. The van der Waals surface area contributed by atoms with Crippen LogP contribution in [0, 0.1) is 6.92 Å². The van der Waals surface area contributed by atoms with Crippen LogP contribution in [0.25, 0.3) is 11.0 Å². The molecule has 0 radical (unpaired) electrons. The van der Waals surface area contributed by atoms with Crippen molar-refractivity contribution in [1.29, 1.82) is 0 Å². The van der Waals surface area contributed by atoms with Crippen LogP contribution in [0.15, 0.2) is 33.7 Å². The van der Waals surface area contributed by atoms with Crippen molar-refractivity contribution >= 4 is 16.9 Å². The second-order valence-electron chi connectivity index (χ2n) is 4.49. The lowest BCUT2D eigenvalue weighted by Crippen LogP contribution is -2.37. The van der Waals surface area contributed by atoms with Crippen LogP contribution >= 0.6 is 0 Å². The highest BCUT2D eigenvalue weighted by Gasteiger charge is 2.10. The van der Waals surface area contributed by atoms with Gasteiger partial charge in [-0.15, -0.1) is 0 Å². The summed E-state index contributed by atoms with van der Waals surface area (Å²) in [7, 11) is 0. The average Bonchev–Trinajstić information content (AvgIpc) is 2.75. The van der Waals surface area contributed by atoms with Crippen molar-refractivity contribution in [3.63, 3.8) is 0 Å². The third-order valence-corrected chi connectivity index (χ3v) is 3.41. The van der Waals surface area contributed by atoms with E-state index in [1.807, 2.05) is 23.1 Å². The third-order valence-electron chi connectivity index (χ3n) is 3.41. The summed E-state index contributed by atoms with van der Waals surface area (Å²) in [6, 6.07) is 8.03. The van der Waals surface area contributed by atoms with Crippen LogP contribution in [0.4, 0.5) is 0 Å². The lowest BCUT2D eigenvalue weighted by atomic mass is 10.1. The number of hydrogen-bond donors (Lipinski definition) is 1. The molecule has 0 unspecified atom stereocenters. The number of fused-ring (bicyclic) bond motifs is 1. The maximum absolute atomic E-state index is 5.97. The zero-order valence-electron chi connectivity index (χ0n) is 11.8. The van der Waals surface area contributed by atoms with Crippen molar-refractivity contribution in [2.24, 2.45) is 10.7 Å². The van der Waals surface area contributed by atoms with Crippen molar-refractivity contribution in [1.82, 2.24) is 4.90 Å². The van der Waals surface area contributed by atoms with Gasteiger partial charge in [0, 0.05) is 24.0 Å². The number of rotatable bonds is 4. The lowest BCUT2D eigenvalue weighted by molar-refractivity contribution is 0.455. The van der Waals surface area contributed by atoms with E-state index in [-0.39, 0.29) is 0 Å². The number of aryl methyl sites for hydroxylation is 1.